The number of carbonyl (C=O) groups excluding carboxylic acids is 2. The summed E-state index contributed by atoms with van der Waals surface area (Å²) in [6, 6.07) is 4.51. The molecule has 1 aromatic carbocycles. The fourth-order valence-electron chi connectivity index (χ4n) is 1.70. The number of carbonyl (C=O) groups is 2. The first-order chi connectivity index (χ1) is 8.97. The van der Waals surface area contributed by atoms with E-state index in [-0.39, 0.29) is 23.0 Å². The van der Waals surface area contributed by atoms with Crippen molar-refractivity contribution in [2.75, 3.05) is 19.6 Å². The second-order valence-corrected chi connectivity index (χ2v) is 5.10. The van der Waals surface area contributed by atoms with Crippen LogP contribution in [0.3, 0.4) is 0 Å². The highest BCUT2D eigenvalue weighted by atomic mass is 35.5. The zero-order chi connectivity index (χ0) is 14.0. The zero-order valence-electron chi connectivity index (χ0n) is 9.90. The van der Waals surface area contributed by atoms with Gasteiger partial charge in [-0.1, -0.05) is 23.2 Å². The lowest BCUT2D eigenvalue weighted by molar-refractivity contribution is -0.140. The maximum atomic E-state index is 11.8. The summed E-state index contributed by atoms with van der Waals surface area (Å²) in [5.74, 6) is -0.667. The molecule has 1 fully saturated rings. The average Bonchev–Trinajstić information content (AvgIpc) is 2.31. The van der Waals surface area contributed by atoms with Crippen LogP contribution in [-0.4, -0.2) is 47.6 Å². The number of benzene rings is 1. The summed E-state index contributed by atoms with van der Waals surface area (Å²) >= 11 is 11.6. The number of nitrogens with zero attached hydrogens (tertiary/aromatic N) is 1. The van der Waals surface area contributed by atoms with Crippen LogP contribution in [0.4, 0.5) is 0 Å². The van der Waals surface area contributed by atoms with Crippen LogP contribution in [0.2, 0.25) is 10.0 Å². The molecule has 1 aliphatic rings. The Bertz CT molecular complexity index is 516. The van der Waals surface area contributed by atoms with E-state index >= 15 is 0 Å². The Morgan fingerprint density at radius 3 is 2.63 bits per heavy atom. The monoisotopic (exact) mass is 302 g/mol. The molecular weight excluding hydrogens is 291 g/mol. The third-order valence-electron chi connectivity index (χ3n) is 2.79. The number of aliphatic hydroxyl groups is 1. The van der Waals surface area contributed by atoms with Gasteiger partial charge in [-0.05, 0) is 18.2 Å². The van der Waals surface area contributed by atoms with Crippen molar-refractivity contribution in [3.63, 3.8) is 0 Å². The van der Waals surface area contributed by atoms with Gasteiger partial charge in [0.2, 0.25) is 5.91 Å². The van der Waals surface area contributed by atoms with Crippen LogP contribution >= 0.6 is 23.2 Å². The number of nitrogens with one attached hydrogen (secondary N) is 1. The molecule has 1 aromatic rings. The molecule has 102 valence electrons. The number of aliphatic hydroxyl groups excluding tert-OH is 1. The van der Waals surface area contributed by atoms with Crippen molar-refractivity contribution in [3.8, 4) is 0 Å². The van der Waals surface area contributed by atoms with Crippen molar-refractivity contribution in [1.82, 2.24) is 10.2 Å². The SMILES string of the molecule is O=C(NCC(=O)N1CC(O)C1)c1ccc(Cl)cc1Cl. The number of hydrogen-bond donors (Lipinski definition) is 2. The summed E-state index contributed by atoms with van der Waals surface area (Å²) in [4.78, 5) is 24.9. The molecule has 2 amide bonds. The normalized spacial score (nSPS) is 15.0. The maximum absolute atomic E-state index is 11.8. The first-order valence-corrected chi connectivity index (χ1v) is 6.42. The first kappa shape index (κ1) is 14.1. The minimum Gasteiger partial charge on any atom is -0.389 e. The predicted octanol–water partition coefficient (Wildman–Crippen LogP) is 0.926. The molecule has 2 N–H and O–H groups in total. The Kier molecular flexibility index (Phi) is 4.29. The lowest BCUT2D eigenvalue weighted by Gasteiger charge is -2.35. The van der Waals surface area contributed by atoms with Gasteiger partial charge in [-0.2, -0.15) is 0 Å². The van der Waals surface area contributed by atoms with Gasteiger partial charge in [-0.25, -0.2) is 0 Å². The topological polar surface area (TPSA) is 69.6 Å². The van der Waals surface area contributed by atoms with Gasteiger partial charge in [0.1, 0.15) is 0 Å². The van der Waals surface area contributed by atoms with Crippen LogP contribution in [-0.2, 0) is 4.79 Å². The second-order valence-electron chi connectivity index (χ2n) is 4.26. The van der Waals surface area contributed by atoms with Gasteiger partial charge in [-0.3, -0.25) is 9.59 Å². The van der Waals surface area contributed by atoms with Gasteiger partial charge >= 0.3 is 0 Å². The number of rotatable bonds is 3. The van der Waals surface area contributed by atoms with Gasteiger partial charge in [0.05, 0.1) is 23.2 Å². The molecule has 0 spiro atoms. The van der Waals surface area contributed by atoms with E-state index in [1.54, 1.807) is 6.07 Å². The molecule has 19 heavy (non-hydrogen) atoms. The number of halogens is 2. The summed E-state index contributed by atoms with van der Waals surface area (Å²) in [5, 5.41) is 12.2. The molecule has 7 heteroatoms. The number of β-amino-alcohol motifs (C(OH)–C–C–N with tert-alkyl or cyclic N) is 1. The van der Waals surface area contributed by atoms with E-state index < -0.39 is 12.0 Å². The minimum atomic E-state index is -0.453. The summed E-state index contributed by atoms with van der Waals surface area (Å²) in [6.45, 7) is 0.511. The molecular formula is C12H12Cl2N2O3. The Morgan fingerprint density at radius 1 is 1.37 bits per heavy atom. The third-order valence-corrected chi connectivity index (χ3v) is 3.34. The standard InChI is InChI=1S/C12H12Cl2N2O3/c13-7-1-2-9(10(14)3-7)12(19)15-4-11(18)16-5-8(17)6-16/h1-3,8,17H,4-6H2,(H,15,19). The molecule has 1 heterocycles. The predicted molar refractivity (Wildman–Crippen MR) is 71.4 cm³/mol. The summed E-state index contributed by atoms with van der Waals surface area (Å²) in [6.07, 6.45) is -0.453. The highest BCUT2D eigenvalue weighted by Crippen LogP contribution is 2.20. The second kappa shape index (κ2) is 5.77. The van der Waals surface area contributed by atoms with Crippen LogP contribution in [0.15, 0.2) is 18.2 Å². The molecule has 1 aliphatic heterocycles. The van der Waals surface area contributed by atoms with Gasteiger partial charge in [0.25, 0.3) is 5.91 Å². The fraction of sp³-hybridized carbons (Fsp3) is 0.333. The lowest BCUT2D eigenvalue weighted by atomic mass is 10.1. The van der Waals surface area contributed by atoms with Crippen molar-refractivity contribution < 1.29 is 14.7 Å². The molecule has 0 aliphatic carbocycles. The summed E-state index contributed by atoms with van der Waals surface area (Å²) in [7, 11) is 0. The lowest BCUT2D eigenvalue weighted by Crippen LogP contribution is -2.55. The van der Waals surface area contributed by atoms with Crippen LogP contribution in [0.1, 0.15) is 10.4 Å². The Balaban J connectivity index is 1.89. The van der Waals surface area contributed by atoms with Crippen molar-refractivity contribution in [1.29, 1.82) is 0 Å². The van der Waals surface area contributed by atoms with E-state index in [4.69, 9.17) is 28.3 Å². The van der Waals surface area contributed by atoms with E-state index in [1.165, 1.54) is 17.0 Å². The molecule has 0 saturated carbocycles. The maximum Gasteiger partial charge on any atom is 0.253 e. The molecule has 0 bridgehead atoms. The first-order valence-electron chi connectivity index (χ1n) is 5.66. The molecule has 1 saturated heterocycles. The Labute approximate surface area is 120 Å². The van der Waals surface area contributed by atoms with E-state index in [2.05, 4.69) is 5.32 Å². The third kappa shape index (κ3) is 3.37. The Morgan fingerprint density at radius 2 is 2.05 bits per heavy atom. The van der Waals surface area contributed by atoms with E-state index in [1.807, 2.05) is 0 Å². The van der Waals surface area contributed by atoms with Gasteiger partial charge in [0, 0.05) is 18.1 Å². The smallest absolute Gasteiger partial charge is 0.253 e. The number of hydrogen-bond acceptors (Lipinski definition) is 3. The van der Waals surface area contributed by atoms with Crippen LogP contribution in [0.25, 0.3) is 0 Å². The van der Waals surface area contributed by atoms with Crippen molar-refractivity contribution in [3.05, 3.63) is 33.8 Å². The molecule has 5 nitrogen and oxygen atoms in total. The van der Waals surface area contributed by atoms with Crippen molar-refractivity contribution in [2.24, 2.45) is 0 Å². The number of amides is 2. The van der Waals surface area contributed by atoms with Crippen molar-refractivity contribution >= 4 is 35.0 Å². The highest BCUT2D eigenvalue weighted by Gasteiger charge is 2.28. The molecule has 0 atom stereocenters. The summed E-state index contributed by atoms with van der Waals surface area (Å²) < 4.78 is 0. The van der Waals surface area contributed by atoms with Crippen LogP contribution in [0, 0.1) is 0 Å². The van der Waals surface area contributed by atoms with E-state index in [0.29, 0.717) is 18.1 Å². The fourth-order valence-corrected chi connectivity index (χ4v) is 2.19. The minimum absolute atomic E-state index is 0.121. The molecule has 2 rings (SSSR count). The Hall–Kier alpha value is -1.30. The molecule has 0 radical (unpaired) electrons. The van der Waals surface area contributed by atoms with Gasteiger partial charge in [0.15, 0.2) is 0 Å². The van der Waals surface area contributed by atoms with E-state index in [9.17, 15) is 9.59 Å². The van der Waals surface area contributed by atoms with Crippen LogP contribution in [0.5, 0.6) is 0 Å². The highest BCUT2D eigenvalue weighted by molar-refractivity contribution is 6.36. The average molecular weight is 303 g/mol. The van der Waals surface area contributed by atoms with Crippen LogP contribution < -0.4 is 5.32 Å². The zero-order valence-corrected chi connectivity index (χ0v) is 11.4. The van der Waals surface area contributed by atoms with Gasteiger partial charge < -0.3 is 15.3 Å². The molecule has 0 unspecified atom stereocenters. The van der Waals surface area contributed by atoms with Crippen molar-refractivity contribution in [2.45, 2.75) is 6.10 Å². The van der Waals surface area contributed by atoms with Gasteiger partial charge in [-0.15, -0.1) is 0 Å². The molecule has 0 aromatic heterocycles. The van der Waals surface area contributed by atoms with E-state index in [0.717, 1.165) is 0 Å². The quantitative estimate of drug-likeness (QED) is 0.872. The largest absolute Gasteiger partial charge is 0.389 e. The summed E-state index contributed by atoms with van der Waals surface area (Å²) in [5.41, 5.74) is 0.266. The number of likely N-dealkylation sites (tertiary alicyclic amines) is 1.